The number of hydrogen-bond donors (Lipinski definition) is 2. The van der Waals surface area contributed by atoms with Crippen molar-refractivity contribution < 1.29 is 9.53 Å². The van der Waals surface area contributed by atoms with Crippen LogP contribution in [0.25, 0.3) is 27.9 Å². The van der Waals surface area contributed by atoms with Gasteiger partial charge in [0.2, 0.25) is 11.9 Å². The van der Waals surface area contributed by atoms with Gasteiger partial charge in [0.1, 0.15) is 11.8 Å². The van der Waals surface area contributed by atoms with E-state index in [4.69, 9.17) is 19.8 Å². The highest BCUT2D eigenvalue weighted by Gasteiger charge is 2.23. The average Bonchev–Trinajstić information content (AvgIpc) is 3.14. The molecule has 0 spiro atoms. The molecule has 2 aromatic carbocycles. The first-order valence-electron chi connectivity index (χ1n) is 10.5. The van der Waals surface area contributed by atoms with E-state index in [1.807, 2.05) is 49.4 Å². The highest BCUT2D eigenvalue weighted by atomic mass is 16.5. The van der Waals surface area contributed by atoms with E-state index in [0.29, 0.717) is 24.0 Å². The van der Waals surface area contributed by atoms with Crippen LogP contribution in [0, 0.1) is 6.92 Å². The topological polar surface area (TPSA) is 93.4 Å². The molecule has 1 saturated heterocycles. The molecule has 2 aromatic heterocycles. The van der Waals surface area contributed by atoms with Crippen LogP contribution in [0.3, 0.4) is 0 Å². The van der Waals surface area contributed by atoms with Gasteiger partial charge in [-0.15, -0.1) is 5.10 Å². The minimum atomic E-state index is -0.357. The van der Waals surface area contributed by atoms with Crippen LogP contribution in [0.1, 0.15) is 24.8 Å². The number of ether oxygens (including phenoxy) is 1. The van der Waals surface area contributed by atoms with E-state index in [0.717, 1.165) is 47.0 Å². The molecule has 3 heterocycles. The van der Waals surface area contributed by atoms with Gasteiger partial charge in [0.05, 0.1) is 12.6 Å². The molecule has 1 aliphatic rings. The minimum Gasteiger partial charge on any atom is -0.497 e. The average molecular weight is 416 g/mol. The normalized spacial score (nSPS) is 16.8. The third kappa shape index (κ3) is 3.65. The van der Waals surface area contributed by atoms with E-state index in [1.165, 1.54) is 0 Å². The number of aromatic nitrogens is 4. The zero-order valence-electron chi connectivity index (χ0n) is 17.6. The number of carbonyl (C=O) groups is 1. The zero-order chi connectivity index (χ0) is 21.4. The van der Waals surface area contributed by atoms with Crippen LogP contribution in [-0.2, 0) is 4.79 Å². The largest absolute Gasteiger partial charge is 0.497 e. The van der Waals surface area contributed by atoms with E-state index in [1.54, 1.807) is 11.6 Å². The van der Waals surface area contributed by atoms with Gasteiger partial charge in [-0.05, 0) is 56.0 Å². The highest BCUT2D eigenvalue weighted by molar-refractivity contribution is 5.94. The number of methoxy groups -OCH3 is 1. The van der Waals surface area contributed by atoms with Crippen LogP contribution in [0.4, 0.5) is 5.95 Å². The molecular formula is C23H24N6O2. The van der Waals surface area contributed by atoms with Crippen molar-refractivity contribution in [2.45, 2.75) is 32.2 Å². The molecular weight excluding hydrogens is 392 g/mol. The quantitative estimate of drug-likeness (QED) is 0.530. The molecule has 8 heteroatoms. The molecule has 5 rings (SSSR count). The SMILES string of the molecule is COc1cccc(-c2nc3c4ccc(C)cc4nc(N[C@@H]4CCCCNC4=O)n3n2)c1. The lowest BCUT2D eigenvalue weighted by atomic mass is 10.1. The van der Waals surface area contributed by atoms with E-state index < -0.39 is 0 Å². The number of benzene rings is 2. The van der Waals surface area contributed by atoms with Gasteiger partial charge in [0, 0.05) is 17.5 Å². The highest BCUT2D eigenvalue weighted by Crippen LogP contribution is 2.27. The van der Waals surface area contributed by atoms with Gasteiger partial charge < -0.3 is 15.4 Å². The van der Waals surface area contributed by atoms with Crippen LogP contribution < -0.4 is 15.4 Å². The van der Waals surface area contributed by atoms with Crippen LogP contribution in [-0.4, -0.2) is 45.2 Å². The number of anilines is 1. The molecule has 0 bridgehead atoms. The number of hydrogen-bond acceptors (Lipinski definition) is 6. The molecule has 0 aliphatic carbocycles. The molecule has 1 fully saturated rings. The standard InChI is InChI=1S/C23H24N6O2/c1-14-9-10-17-19(12-14)26-23(25-18-8-3-4-11-24-22(18)30)29-21(17)27-20(28-29)15-6-5-7-16(13-15)31-2/h5-7,9-10,12-13,18H,3-4,8,11H2,1-2H3,(H,24,30)(H,25,26)/t18-/m1/s1. The van der Waals surface area contributed by atoms with E-state index >= 15 is 0 Å². The van der Waals surface area contributed by atoms with Crippen molar-refractivity contribution in [1.29, 1.82) is 0 Å². The van der Waals surface area contributed by atoms with Gasteiger partial charge in [-0.2, -0.15) is 4.52 Å². The van der Waals surface area contributed by atoms with Crippen LogP contribution >= 0.6 is 0 Å². The lowest BCUT2D eigenvalue weighted by molar-refractivity contribution is -0.121. The molecule has 8 nitrogen and oxygen atoms in total. The number of fused-ring (bicyclic) bond motifs is 3. The Morgan fingerprint density at radius 1 is 1.16 bits per heavy atom. The number of nitrogens with one attached hydrogen (secondary N) is 2. The summed E-state index contributed by atoms with van der Waals surface area (Å²) in [5, 5.41) is 11.9. The predicted octanol–water partition coefficient (Wildman–Crippen LogP) is 3.34. The summed E-state index contributed by atoms with van der Waals surface area (Å²) in [6.45, 7) is 2.74. The van der Waals surface area contributed by atoms with Crippen LogP contribution in [0.5, 0.6) is 5.75 Å². The van der Waals surface area contributed by atoms with Crippen LogP contribution in [0.15, 0.2) is 42.5 Å². The van der Waals surface area contributed by atoms with Gasteiger partial charge in [0.15, 0.2) is 11.5 Å². The summed E-state index contributed by atoms with van der Waals surface area (Å²) in [6, 6.07) is 13.4. The van der Waals surface area contributed by atoms with Gasteiger partial charge in [-0.1, -0.05) is 18.2 Å². The van der Waals surface area contributed by atoms with Crippen molar-refractivity contribution in [3.05, 3.63) is 48.0 Å². The van der Waals surface area contributed by atoms with Crippen molar-refractivity contribution in [3.63, 3.8) is 0 Å². The Hall–Kier alpha value is -3.68. The summed E-state index contributed by atoms with van der Waals surface area (Å²) < 4.78 is 7.05. The monoisotopic (exact) mass is 416 g/mol. The van der Waals surface area contributed by atoms with Crippen molar-refractivity contribution in [3.8, 4) is 17.1 Å². The Labute approximate surface area is 179 Å². The van der Waals surface area contributed by atoms with Crippen molar-refractivity contribution in [2.24, 2.45) is 0 Å². The first kappa shape index (κ1) is 19.3. The molecule has 0 unspecified atom stereocenters. The summed E-state index contributed by atoms with van der Waals surface area (Å²) >= 11 is 0. The fourth-order valence-corrected chi connectivity index (χ4v) is 3.93. The Morgan fingerprint density at radius 3 is 2.94 bits per heavy atom. The summed E-state index contributed by atoms with van der Waals surface area (Å²) in [6.07, 6.45) is 2.70. The maximum Gasteiger partial charge on any atom is 0.242 e. The second kappa shape index (κ2) is 7.86. The number of nitrogens with zero attached hydrogens (tertiary/aromatic N) is 4. The van der Waals surface area contributed by atoms with Gasteiger partial charge >= 0.3 is 0 Å². The lowest BCUT2D eigenvalue weighted by Gasteiger charge is -2.16. The first-order valence-corrected chi connectivity index (χ1v) is 10.5. The summed E-state index contributed by atoms with van der Waals surface area (Å²) in [5.74, 6) is 1.81. The summed E-state index contributed by atoms with van der Waals surface area (Å²) in [5.41, 5.74) is 3.46. The molecule has 2 N–H and O–H groups in total. The lowest BCUT2D eigenvalue weighted by Crippen LogP contribution is -2.38. The predicted molar refractivity (Wildman–Crippen MR) is 119 cm³/mol. The summed E-state index contributed by atoms with van der Waals surface area (Å²) in [7, 11) is 1.63. The number of aryl methyl sites for hydroxylation is 1. The molecule has 0 saturated carbocycles. The van der Waals surface area contributed by atoms with E-state index in [2.05, 4.69) is 10.6 Å². The Bertz CT molecular complexity index is 1280. The van der Waals surface area contributed by atoms with E-state index in [9.17, 15) is 4.79 Å². The van der Waals surface area contributed by atoms with E-state index in [-0.39, 0.29) is 11.9 Å². The number of amides is 1. The maximum absolute atomic E-state index is 12.5. The minimum absolute atomic E-state index is 0.00933. The molecule has 158 valence electrons. The van der Waals surface area contributed by atoms with Gasteiger partial charge in [-0.3, -0.25) is 4.79 Å². The fourth-order valence-electron chi connectivity index (χ4n) is 3.93. The van der Waals surface area contributed by atoms with Gasteiger partial charge in [-0.25, -0.2) is 9.97 Å². The third-order valence-electron chi connectivity index (χ3n) is 5.59. The molecule has 31 heavy (non-hydrogen) atoms. The second-order valence-corrected chi connectivity index (χ2v) is 7.84. The molecule has 0 radical (unpaired) electrons. The van der Waals surface area contributed by atoms with Crippen molar-refractivity contribution in [1.82, 2.24) is 24.9 Å². The second-order valence-electron chi connectivity index (χ2n) is 7.84. The Kier molecular flexibility index (Phi) is 4.89. The Morgan fingerprint density at radius 2 is 2.06 bits per heavy atom. The fraction of sp³-hybridized carbons (Fsp3) is 0.304. The molecule has 4 aromatic rings. The Balaban J connectivity index is 1.67. The molecule has 1 aliphatic heterocycles. The third-order valence-corrected chi connectivity index (χ3v) is 5.59. The van der Waals surface area contributed by atoms with Crippen LogP contribution in [0.2, 0.25) is 0 Å². The van der Waals surface area contributed by atoms with Crippen molar-refractivity contribution in [2.75, 3.05) is 19.0 Å². The van der Waals surface area contributed by atoms with Gasteiger partial charge in [0.25, 0.3) is 0 Å². The molecule has 1 atom stereocenters. The maximum atomic E-state index is 12.5. The smallest absolute Gasteiger partial charge is 0.242 e. The summed E-state index contributed by atoms with van der Waals surface area (Å²) in [4.78, 5) is 22.1. The zero-order valence-corrected chi connectivity index (χ0v) is 17.6. The molecule has 1 amide bonds. The first-order chi connectivity index (χ1) is 15.1. The number of carbonyl (C=O) groups excluding carboxylic acids is 1. The number of rotatable bonds is 4. The van der Waals surface area contributed by atoms with Crippen molar-refractivity contribution >= 4 is 28.4 Å².